The van der Waals surface area contributed by atoms with Crippen molar-refractivity contribution in [1.29, 1.82) is 0 Å². The highest BCUT2D eigenvalue weighted by Crippen LogP contribution is 2.63. The number of esters is 1. The molecule has 10 heteroatoms. The zero-order valence-electron chi connectivity index (χ0n) is 24.0. The maximum absolute atomic E-state index is 11.1. The zero-order chi connectivity index (χ0) is 27.7. The van der Waals surface area contributed by atoms with Gasteiger partial charge in [0.15, 0.2) is 0 Å². The third-order valence-electron chi connectivity index (χ3n) is 6.64. The summed E-state index contributed by atoms with van der Waals surface area (Å²) < 4.78 is 6.08. The average Bonchev–Trinajstić information content (AvgIpc) is 2.98. The molecule has 1 fully saturated rings. The van der Waals surface area contributed by atoms with E-state index in [0.717, 1.165) is 6.42 Å². The summed E-state index contributed by atoms with van der Waals surface area (Å²) >= 11 is 0. The van der Waals surface area contributed by atoms with Gasteiger partial charge in [0.1, 0.15) is 5.78 Å². The van der Waals surface area contributed by atoms with Gasteiger partial charge in [-0.25, -0.2) is 0 Å². The van der Waals surface area contributed by atoms with Gasteiger partial charge in [-0.15, -0.1) is 0 Å². The van der Waals surface area contributed by atoms with Crippen LogP contribution in [0.2, 0.25) is 0 Å². The highest BCUT2D eigenvalue weighted by atomic mass is 33.1. The van der Waals surface area contributed by atoms with Gasteiger partial charge in [0.05, 0.1) is 17.4 Å². The third-order valence-corrected chi connectivity index (χ3v) is 17.6. The number of nitrogens with one attached hydrogen (secondary N) is 1. The molecule has 1 aliphatic rings. The van der Waals surface area contributed by atoms with E-state index in [1.54, 1.807) is 7.05 Å². The van der Waals surface area contributed by atoms with Crippen molar-refractivity contribution in [3.8, 4) is 0 Å². The van der Waals surface area contributed by atoms with Crippen molar-refractivity contribution in [2.45, 2.75) is 121 Å². The Kier molecular flexibility index (Phi) is 20.8. The lowest BCUT2D eigenvalue weighted by Crippen LogP contribution is -2.47. The Morgan fingerprint density at radius 3 is 2.14 bits per heavy atom. The van der Waals surface area contributed by atoms with Crippen LogP contribution in [0, 0.1) is 0 Å². The number of hydrogen-bond acceptors (Lipinski definition) is 10. The molecule has 1 saturated heterocycles. The molecule has 1 heterocycles. The van der Waals surface area contributed by atoms with Crippen LogP contribution in [0.5, 0.6) is 0 Å². The number of carbonyl (C=O) groups is 2. The van der Waals surface area contributed by atoms with Gasteiger partial charge in [0.2, 0.25) is 0 Å². The minimum absolute atomic E-state index is 0.0517. The van der Waals surface area contributed by atoms with E-state index in [9.17, 15) is 9.59 Å². The van der Waals surface area contributed by atoms with Crippen molar-refractivity contribution in [3.05, 3.63) is 0 Å². The molecule has 0 saturated carbocycles. The molecule has 36 heavy (non-hydrogen) atoms. The first kappa shape index (κ1) is 37.2. The van der Waals surface area contributed by atoms with Gasteiger partial charge in [0.25, 0.3) is 0 Å². The monoisotopic (exact) mass is 617 g/mol. The molecule has 0 aromatic heterocycles. The first-order valence-electron chi connectivity index (χ1n) is 13.3. The number of hydrogen-bond donors (Lipinski definition) is 1. The first-order valence-corrected chi connectivity index (χ1v) is 20.2. The maximum atomic E-state index is 11.1. The molecule has 1 aliphatic heterocycles. The second-order valence-electron chi connectivity index (χ2n) is 9.42. The first-order chi connectivity index (χ1) is 17.0. The molecule has 1 N–H and O–H groups in total. The van der Waals surface area contributed by atoms with Crippen LogP contribution in [-0.4, -0.2) is 62.9 Å². The van der Waals surface area contributed by atoms with Crippen LogP contribution in [0.25, 0.3) is 0 Å². The summed E-state index contributed by atoms with van der Waals surface area (Å²) in [7, 11) is 14.5. The molecule has 0 aliphatic carbocycles. The Balaban J connectivity index is 0.000000757. The highest BCUT2D eigenvalue weighted by molar-refractivity contribution is 8.80. The number of ether oxygens (including phenoxy) is 1. The molecule has 1 rings (SSSR count). The fraction of sp³-hybridized carbons (Fsp3) is 0.923. The van der Waals surface area contributed by atoms with Crippen molar-refractivity contribution in [2.75, 3.05) is 30.9 Å². The number of carbonyl (C=O) groups excluding carboxylic acids is 2. The fourth-order valence-electron chi connectivity index (χ4n) is 3.53. The third kappa shape index (κ3) is 13.0. The van der Waals surface area contributed by atoms with Gasteiger partial charge in [-0.1, -0.05) is 99.4 Å². The Bertz CT molecular complexity index is 628. The second-order valence-corrected chi connectivity index (χ2v) is 18.4. The Morgan fingerprint density at radius 2 is 1.64 bits per heavy atom. The van der Waals surface area contributed by atoms with Gasteiger partial charge >= 0.3 is 5.97 Å². The van der Waals surface area contributed by atoms with Crippen LogP contribution in [-0.2, 0) is 14.3 Å². The number of likely N-dealkylation sites (N-methyl/N-ethyl adjacent to an activating group) is 1. The second kappa shape index (κ2) is 20.1. The lowest BCUT2D eigenvalue weighted by Gasteiger charge is -2.45. The van der Waals surface area contributed by atoms with E-state index in [2.05, 4.69) is 101 Å². The Labute approximate surface area is 246 Å². The van der Waals surface area contributed by atoms with Crippen LogP contribution in [0.15, 0.2) is 0 Å². The van der Waals surface area contributed by atoms with Crippen molar-refractivity contribution in [1.82, 2.24) is 5.32 Å². The van der Waals surface area contributed by atoms with Crippen LogP contribution >= 0.6 is 64.8 Å². The van der Waals surface area contributed by atoms with E-state index in [0.29, 0.717) is 33.7 Å². The predicted molar refractivity (Wildman–Crippen MR) is 175 cm³/mol. The minimum Gasteiger partial charge on any atom is -0.466 e. The largest absolute Gasteiger partial charge is 0.466 e. The van der Waals surface area contributed by atoms with Gasteiger partial charge in [-0.2, -0.15) is 0 Å². The maximum Gasteiger partial charge on any atom is 0.305 e. The van der Waals surface area contributed by atoms with E-state index >= 15 is 0 Å². The molecule has 0 amide bonds. The molecule has 0 aromatic carbocycles. The number of ketones is 1. The summed E-state index contributed by atoms with van der Waals surface area (Å²) in [5, 5.41) is 2.86. The topological polar surface area (TPSA) is 55.4 Å². The molecule has 4 nitrogen and oxygen atoms in total. The standard InChI is InChI=1S/C16H32S6.C10H19NO3/c1-7-14(5)11-12-16(22-18-10-4,13-19-17-9-3)15(6,8-2)21-20-14;1-4-7-14-10(13)6-5-9(11-3)8(2)12/h7-13H2,1-6H3;9,11H,4-7H2,1-3H3. The Morgan fingerprint density at radius 1 is 0.972 bits per heavy atom. The normalized spacial score (nSPS) is 26.9. The van der Waals surface area contributed by atoms with E-state index in [-0.39, 0.29) is 17.8 Å². The van der Waals surface area contributed by atoms with Crippen molar-refractivity contribution in [3.63, 3.8) is 0 Å². The van der Waals surface area contributed by atoms with Crippen LogP contribution < -0.4 is 5.32 Å². The lowest BCUT2D eigenvalue weighted by atomic mass is 9.84. The van der Waals surface area contributed by atoms with Crippen LogP contribution in [0.4, 0.5) is 0 Å². The van der Waals surface area contributed by atoms with E-state index < -0.39 is 0 Å². The molecule has 214 valence electrons. The molecule has 0 bridgehead atoms. The predicted octanol–water partition coefficient (Wildman–Crippen LogP) is 8.94. The zero-order valence-corrected chi connectivity index (χ0v) is 28.9. The summed E-state index contributed by atoms with van der Waals surface area (Å²) in [6, 6.07) is -0.232. The van der Waals surface area contributed by atoms with Crippen LogP contribution in [0.1, 0.15) is 100 Å². The molecule has 0 spiro atoms. The SMILES string of the molecule is CCCOC(=O)CCC(NC)C(C)=O.CCSSCC1(SSCC)CCC(C)(CC)SSC1(C)CC. The van der Waals surface area contributed by atoms with E-state index in [1.165, 1.54) is 49.9 Å². The van der Waals surface area contributed by atoms with E-state index in [4.69, 9.17) is 4.74 Å². The summed E-state index contributed by atoms with van der Waals surface area (Å²) in [4.78, 5) is 22.1. The molecule has 4 unspecified atom stereocenters. The molecular formula is C26H51NO3S6. The molecular weight excluding hydrogens is 567 g/mol. The summed E-state index contributed by atoms with van der Waals surface area (Å²) in [5.74, 6) is 3.52. The number of Topliss-reactive ketones (excluding diaryl/α,β-unsaturated/α-hetero) is 1. The van der Waals surface area contributed by atoms with Crippen molar-refractivity contribution in [2.24, 2.45) is 0 Å². The van der Waals surface area contributed by atoms with Gasteiger partial charge in [0, 0.05) is 33.2 Å². The van der Waals surface area contributed by atoms with Crippen molar-refractivity contribution < 1.29 is 14.3 Å². The van der Waals surface area contributed by atoms with Crippen LogP contribution in [0.3, 0.4) is 0 Å². The summed E-state index contributed by atoms with van der Waals surface area (Å²) in [6.45, 7) is 18.2. The smallest absolute Gasteiger partial charge is 0.305 e. The van der Waals surface area contributed by atoms with E-state index in [1.807, 2.05) is 17.7 Å². The minimum atomic E-state index is -0.232. The average molecular weight is 618 g/mol. The number of rotatable bonds is 16. The molecule has 4 atom stereocenters. The van der Waals surface area contributed by atoms with Gasteiger partial charge < -0.3 is 10.1 Å². The fourth-order valence-corrected chi connectivity index (χ4v) is 13.9. The van der Waals surface area contributed by atoms with Gasteiger partial charge in [-0.05, 0) is 66.3 Å². The molecule has 0 aromatic rings. The van der Waals surface area contributed by atoms with Crippen molar-refractivity contribution >= 4 is 76.5 Å². The molecule has 0 radical (unpaired) electrons. The summed E-state index contributed by atoms with van der Waals surface area (Å²) in [6.07, 6.45) is 6.89. The summed E-state index contributed by atoms with van der Waals surface area (Å²) in [5.41, 5.74) is 0. The quantitative estimate of drug-likeness (QED) is 0.103. The highest BCUT2D eigenvalue weighted by Gasteiger charge is 2.52. The Hall–Kier alpha value is 1.20. The van der Waals surface area contributed by atoms with Gasteiger partial charge in [-0.3, -0.25) is 9.59 Å². The lowest BCUT2D eigenvalue weighted by molar-refractivity contribution is -0.143.